The fraction of sp³-hybridized carbons (Fsp3) is 0.292. The average molecular weight is 374 g/mol. The van der Waals surface area contributed by atoms with E-state index in [0.717, 1.165) is 27.8 Å². The van der Waals surface area contributed by atoms with Crippen molar-refractivity contribution in [2.45, 2.75) is 46.0 Å². The zero-order valence-electron chi connectivity index (χ0n) is 16.8. The summed E-state index contributed by atoms with van der Waals surface area (Å²) in [5, 5.41) is 5.83. The van der Waals surface area contributed by atoms with Crippen molar-refractivity contribution < 1.29 is 9.53 Å². The molecule has 1 aliphatic rings. The van der Waals surface area contributed by atoms with Gasteiger partial charge in [-0.3, -0.25) is 4.79 Å². The van der Waals surface area contributed by atoms with E-state index >= 15 is 0 Å². The minimum Gasteiger partial charge on any atom is -0.491 e. The van der Waals surface area contributed by atoms with E-state index < -0.39 is 0 Å². The zero-order chi connectivity index (χ0) is 19.8. The van der Waals surface area contributed by atoms with Crippen LogP contribution in [0.2, 0.25) is 0 Å². The molecule has 1 N–H and O–H groups in total. The van der Waals surface area contributed by atoms with Crippen molar-refractivity contribution in [3.8, 4) is 5.75 Å². The molecule has 1 aliphatic heterocycles. The molecular weight excluding hydrogens is 348 g/mol. The molecule has 0 radical (unpaired) electrons. The summed E-state index contributed by atoms with van der Waals surface area (Å²) in [6.45, 7) is 8.14. The van der Waals surface area contributed by atoms with Gasteiger partial charge >= 0.3 is 0 Å². The summed E-state index contributed by atoms with van der Waals surface area (Å²) < 4.78 is 6.18. The van der Waals surface area contributed by atoms with E-state index in [1.54, 1.807) is 0 Å². The lowest BCUT2D eigenvalue weighted by Crippen LogP contribution is -2.46. The monoisotopic (exact) mass is 374 g/mol. The molecule has 1 heterocycles. The molecule has 144 valence electrons. The van der Waals surface area contributed by atoms with Gasteiger partial charge in [-0.25, -0.2) is 0 Å². The summed E-state index contributed by atoms with van der Waals surface area (Å²) in [6, 6.07) is 20.1. The fourth-order valence-corrected chi connectivity index (χ4v) is 3.93. The van der Waals surface area contributed by atoms with Gasteiger partial charge in [0, 0.05) is 17.3 Å². The van der Waals surface area contributed by atoms with E-state index in [1.807, 2.05) is 61.2 Å². The van der Waals surface area contributed by atoms with E-state index in [4.69, 9.17) is 4.74 Å². The van der Waals surface area contributed by atoms with Gasteiger partial charge in [-0.1, -0.05) is 42.5 Å². The minimum atomic E-state index is -0.303. The Morgan fingerprint density at radius 3 is 2.39 bits per heavy atom. The molecule has 1 unspecified atom stereocenters. The van der Waals surface area contributed by atoms with Gasteiger partial charge in [-0.2, -0.15) is 0 Å². The molecule has 3 aromatic carbocycles. The number of rotatable bonds is 4. The summed E-state index contributed by atoms with van der Waals surface area (Å²) in [7, 11) is 0. The minimum absolute atomic E-state index is 0.0317. The molecule has 0 fully saturated rings. The Labute approximate surface area is 166 Å². The van der Waals surface area contributed by atoms with Gasteiger partial charge in [0.1, 0.15) is 11.9 Å². The van der Waals surface area contributed by atoms with Crippen molar-refractivity contribution >= 4 is 22.4 Å². The number of nitrogens with zero attached hydrogens (tertiary/aromatic N) is 1. The van der Waals surface area contributed by atoms with Crippen LogP contribution in [0.5, 0.6) is 5.75 Å². The molecule has 3 aromatic rings. The van der Waals surface area contributed by atoms with Crippen LogP contribution in [0.1, 0.15) is 49.8 Å². The summed E-state index contributed by atoms with van der Waals surface area (Å²) in [5.41, 5.74) is 2.57. The maximum Gasteiger partial charge on any atom is 0.258 e. The maximum atomic E-state index is 13.4. The van der Waals surface area contributed by atoms with Crippen LogP contribution in [0.4, 0.5) is 5.69 Å². The summed E-state index contributed by atoms with van der Waals surface area (Å²) in [5.74, 6) is 0.849. The Hall–Kier alpha value is -3.01. The Kier molecular flexibility index (Phi) is 4.71. The molecule has 1 atom stereocenters. The number of fused-ring (bicyclic) bond motifs is 2. The Morgan fingerprint density at radius 2 is 1.64 bits per heavy atom. The third-order valence-electron chi connectivity index (χ3n) is 5.09. The van der Waals surface area contributed by atoms with Crippen LogP contribution in [0.25, 0.3) is 10.8 Å². The van der Waals surface area contributed by atoms with E-state index in [9.17, 15) is 4.79 Å². The number of hydrogen-bond donors (Lipinski definition) is 1. The molecule has 0 aliphatic carbocycles. The van der Waals surface area contributed by atoms with Crippen molar-refractivity contribution in [2.24, 2.45) is 0 Å². The van der Waals surface area contributed by atoms with Gasteiger partial charge in [0.05, 0.1) is 11.7 Å². The third-order valence-corrected chi connectivity index (χ3v) is 5.09. The highest BCUT2D eigenvalue weighted by Crippen LogP contribution is 2.41. The molecule has 0 aromatic heterocycles. The first kappa shape index (κ1) is 18.4. The molecule has 4 nitrogen and oxygen atoms in total. The zero-order valence-corrected chi connectivity index (χ0v) is 16.8. The highest BCUT2D eigenvalue weighted by atomic mass is 16.5. The standard InChI is InChI=1S/C24H26N2O2/c1-15(2)26-23(25-20-12-8-7-11-19(20)24(26)27)22-18-10-6-5-9-17(18)13-14-21(22)28-16(3)4/h5-16,23,25H,1-4H3. The number of carbonyl (C=O) groups is 1. The molecule has 1 amide bonds. The van der Waals surface area contributed by atoms with Crippen LogP contribution in [0.15, 0.2) is 60.7 Å². The Balaban J connectivity index is 1.96. The van der Waals surface area contributed by atoms with Gasteiger partial charge < -0.3 is 15.0 Å². The van der Waals surface area contributed by atoms with Crippen molar-refractivity contribution in [1.29, 1.82) is 0 Å². The predicted molar refractivity (Wildman–Crippen MR) is 114 cm³/mol. The number of nitrogens with one attached hydrogen (secondary N) is 1. The first-order chi connectivity index (χ1) is 13.5. The van der Waals surface area contributed by atoms with Gasteiger partial charge in [0.25, 0.3) is 5.91 Å². The fourth-order valence-electron chi connectivity index (χ4n) is 3.93. The third kappa shape index (κ3) is 3.09. The van der Waals surface area contributed by atoms with Gasteiger partial charge in [-0.15, -0.1) is 0 Å². The van der Waals surface area contributed by atoms with Crippen LogP contribution in [-0.4, -0.2) is 23.0 Å². The molecule has 0 bridgehead atoms. The number of amides is 1. The molecule has 28 heavy (non-hydrogen) atoms. The molecule has 0 spiro atoms. The van der Waals surface area contributed by atoms with E-state index in [0.29, 0.717) is 5.56 Å². The first-order valence-electron chi connectivity index (χ1n) is 9.84. The van der Waals surface area contributed by atoms with Gasteiger partial charge in [-0.05, 0) is 56.7 Å². The molecular formula is C24H26N2O2. The number of carbonyl (C=O) groups excluding carboxylic acids is 1. The molecule has 4 rings (SSSR count). The lowest BCUT2D eigenvalue weighted by atomic mass is 9.96. The quantitative estimate of drug-likeness (QED) is 0.646. The second-order valence-electron chi connectivity index (χ2n) is 7.76. The summed E-state index contributed by atoms with van der Waals surface area (Å²) in [4.78, 5) is 15.3. The van der Waals surface area contributed by atoms with Crippen LogP contribution in [-0.2, 0) is 0 Å². The van der Waals surface area contributed by atoms with Crippen molar-refractivity contribution in [1.82, 2.24) is 4.90 Å². The number of anilines is 1. The summed E-state index contributed by atoms with van der Waals surface area (Å²) >= 11 is 0. The normalized spacial score (nSPS) is 16.4. The lowest BCUT2D eigenvalue weighted by Gasteiger charge is -2.41. The van der Waals surface area contributed by atoms with E-state index in [1.165, 1.54) is 0 Å². The van der Waals surface area contributed by atoms with Crippen LogP contribution < -0.4 is 10.1 Å². The van der Waals surface area contributed by atoms with Gasteiger partial charge in [0.15, 0.2) is 0 Å². The highest BCUT2D eigenvalue weighted by Gasteiger charge is 2.36. The van der Waals surface area contributed by atoms with Gasteiger partial charge in [0.2, 0.25) is 0 Å². The SMILES string of the molecule is CC(C)Oc1ccc2ccccc2c1C1Nc2ccccc2C(=O)N1C(C)C. The van der Waals surface area contributed by atoms with Crippen LogP contribution >= 0.6 is 0 Å². The number of para-hydroxylation sites is 1. The van der Waals surface area contributed by atoms with E-state index in [-0.39, 0.29) is 24.2 Å². The van der Waals surface area contributed by atoms with Crippen molar-refractivity contribution in [3.63, 3.8) is 0 Å². The predicted octanol–water partition coefficient (Wildman–Crippen LogP) is 5.60. The highest BCUT2D eigenvalue weighted by molar-refractivity contribution is 6.02. The van der Waals surface area contributed by atoms with Crippen molar-refractivity contribution in [3.05, 3.63) is 71.8 Å². The second-order valence-corrected chi connectivity index (χ2v) is 7.76. The number of hydrogen-bond acceptors (Lipinski definition) is 3. The summed E-state index contributed by atoms with van der Waals surface area (Å²) in [6.07, 6.45) is -0.263. The molecule has 0 saturated heterocycles. The smallest absolute Gasteiger partial charge is 0.258 e. The number of ether oxygens (including phenoxy) is 1. The maximum absolute atomic E-state index is 13.4. The number of benzene rings is 3. The molecule has 0 saturated carbocycles. The second kappa shape index (κ2) is 7.19. The topological polar surface area (TPSA) is 41.6 Å². The Morgan fingerprint density at radius 1 is 0.929 bits per heavy atom. The Bertz CT molecular complexity index is 1030. The van der Waals surface area contributed by atoms with Crippen molar-refractivity contribution in [2.75, 3.05) is 5.32 Å². The average Bonchev–Trinajstić information content (AvgIpc) is 2.67. The van der Waals surface area contributed by atoms with E-state index in [2.05, 4.69) is 37.4 Å². The van der Waals surface area contributed by atoms with Crippen LogP contribution in [0.3, 0.4) is 0 Å². The van der Waals surface area contributed by atoms with Crippen LogP contribution in [0, 0.1) is 0 Å². The largest absolute Gasteiger partial charge is 0.491 e. The molecule has 4 heteroatoms. The lowest BCUT2D eigenvalue weighted by molar-refractivity contribution is 0.0614. The first-order valence-corrected chi connectivity index (χ1v) is 9.84.